The van der Waals surface area contributed by atoms with E-state index in [0.717, 1.165) is 38.6 Å². The molecule has 5 heteroatoms. The van der Waals surface area contributed by atoms with Gasteiger partial charge in [-0.25, -0.2) is 0 Å². The molecular formula is C20H42N4O. The summed E-state index contributed by atoms with van der Waals surface area (Å²) in [5.41, 5.74) is 0.394. The molecular weight excluding hydrogens is 312 g/mol. The van der Waals surface area contributed by atoms with Crippen LogP contribution in [0.25, 0.3) is 0 Å². The molecule has 5 nitrogen and oxygen atoms in total. The summed E-state index contributed by atoms with van der Waals surface area (Å²) in [6.45, 7) is 7.06. The van der Waals surface area contributed by atoms with E-state index in [4.69, 9.17) is 9.73 Å². The van der Waals surface area contributed by atoms with E-state index in [-0.39, 0.29) is 0 Å². The van der Waals surface area contributed by atoms with Crippen molar-refractivity contribution in [3.63, 3.8) is 0 Å². The van der Waals surface area contributed by atoms with Crippen LogP contribution in [-0.2, 0) is 4.74 Å². The Balaban J connectivity index is 2.20. The van der Waals surface area contributed by atoms with E-state index in [1.807, 2.05) is 0 Å². The quantitative estimate of drug-likeness (QED) is 0.286. The normalized spacial score (nSPS) is 16.8. The molecule has 0 aromatic heterocycles. The van der Waals surface area contributed by atoms with Crippen LogP contribution in [0.3, 0.4) is 0 Å². The Kier molecular flexibility index (Phi) is 11.9. The van der Waals surface area contributed by atoms with Crippen LogP contribution in [0.1, 0.15) is 64.7 Å². The summed E-state index contributed by atoms with van der Waals surface area (Å²) in [5, 5.41) is 6.89. The number of aliphatic imine (C=N–C) groups is 1. The molecule has 0 aliphatic heterocycles. The zero-order valence-corrected chi connectivity index (χ0v) is 17.2. The standard InChI is InChI=1S/C20H42N4O/c1-5-21-19(22-15-9-7-6-8-10-16-24(2)3)23-18-20(12-11-13-20)14-17-25-4/h5-18H2,1-4H3,(H2,21,22,23). The topological polar surface area (TPSA) is 48.9 Å². The average Bonchev–Trinajstić information content (AvgIpc) is 2.55. The van der Waals surface area contributed by atoms with Gasteiger partial charge in [0.25, 0.3) is 0 Å². The Labute approximate surface area is 156 Å². The van der Waals surface area contributed by atoms with Crippen LogP contribution in [0.2, 0.25) is 0 Å². The van der Waals surface area contributed by atoms with Gasteiger partial charge < -0.3 is 20.3 Å². The maximum atomic E-state index is 5.28. The zero-order valence-electron chi connectivity index (χ0n) is 17.2. The molecule has 0 bridgehead atoms. The Hall–Kier alpha value is -0.810. The molecule has 1 aliphatic carbocycles. The van der Waals surface area contributed by atoms with E-state index >= 15 is 0 Å². The Bertz CT molecular complexity index is 354. The number of guanidine groups is 1. The van der Waals surface area contributed by atoms with Crippen LogP contribution < -0.4 is 10.6 Å². The molecule has 1 saturated carbocycles. The van der Waals surface area contributed by atoms with Gasteiger partial charge in [-0.05, 0) is 65.1 Å². The van der Waals surface area contributed by atoms with Crippen LogP contribution >= 0.6 is 0 Å². The fraction of sp³-hybridized carbons (Fsp3) is 0.950. The van der Waals surface area contributed by atoms with Gasteiger partial charge in [-0.15, -0.1) is 0 Å². The second kappa shape index (κ2) is 13.4. The summed E-state index contributed by atoms with van der Waals surface area (Å²) in [7, 11) is 6.09. The van der Waals surface area contributed by atoms with Crippen molar-refractivity contribution < 1.29 is 4.74 Å². The predicted octanol–water partition coefficient (Wildman–Crippen LogP) is 3.26. The van der Waals surface area contributed by atoms with Crippen molar-refractivity contribution in [3.8, 4) is 0 Å². The SMILES string of the molecule is CCNC(=NCC1(CCOC)CCC1)NCCCCCCCN(C)C. The lowest BCUT2D eigenvalue weighted by Gasteiger charge is -2.40. The van der Waals surface area contributed by atoms with Crippen LogP contribution in [-0.4, -0.2) is 64.9 Å². The lowest BCUT2D eigenvalue weighted by molar-refractivity contribution is 0.0778. The number of methoxy groups -OCH3 is 1. The minimum absolute atomic E-state index is 0.394. The molecule has 0 atom stereocenters. The van der Waals surface area contributed by atoms with Gasteiger partial charge in [-0.1, -0.05) is 25.7 Å². The van der Waals surface area contributed by atoms with Gasteiger partial charge in [0.15, 0.2) is 5.96 Å². The van der Waals surface area contributed by atoms with E-state index in [0.29, 0.717) is 5.41 Å². The van der Waals surface area contributed by atoms with E-state index in [1.165, 1.54) is 57.9 Å². The minimum Gasteiger partial charge on any atom is -0.385 e. The number of unbranched alkanes of at least 4 members (excludes halogenated alkanes) is 4. The highest BCUT2D eigenvalue weighted by Crippen LogP contribution is 2.44. The molecule has 2 N–H and O–H groups in total. The molecule has 0 aromatic carbocycles. The first-order valence-corrected chi connectivity index (χ1v) is 10.3. The number of nitrogens with zero attached hydrogens (tertiary/aromatic N) is 2. The third-order valence-electron chi connectivity index (χ3n) is 5.24. The van der Waals surface area contributed by atoms with Gasteiger partial charge >= 0.3 is 0 Å². The summed E-state index contributed by atoms with van der Waals surface area (Å²) in [5.74, 6) is 0.985. The average molecular weight is 355 g/mol. The fourth-order valence-corrected chi connectivity index (χ4v) is 3.36. The highest BCUT2D eigenvalue weighted by Gasteiger charge is 2.36. The smallest absolute Gasteiger partial charge is 0.191 e. The first-order valence-electron chi connectivity index (χ1n) is 10.3. The monoisotopic (exact) mass is 354 g/mol. The lowest BCUT2D eigenvalue weighted by atomic mass is 9.67. The van der Waals surface area contributed by atoms with Crippen molar-refractivity contribution in [2.75, 3.05) is 54.0 Å². The maximum Gasteiger partial charge on any atom is 0.191 e. The summed E-state index contributed by atoms with van der Waals surface area (Å²) in [6, 6.07) is 0. The third-order valence-corrected chi connectivity index (χ3v) is 5.24. The number of hydrogen-bond acceptors (Lipinski definition) is 3. The van der Waals surface area contributed by atoms with Crippen LogP contribution in [0.15, 0.2) is 4.99 Å². The van der Waals surface area contributed by atoms with Gasteiger partial charge in [0.1, 0.15) is 0 Å². The van der Waals surface area contributed by atoms with Crippen molar-refractivity contribution in [1.82, 2.24) is 15.5 Å². The summed E-state index contributed by atoms with van der Waals surface area (Å²) in [4.78, 5) is 7.13. The highest BCUT2D eigenvalue weighted by molar-refractivity contribution is 5.79. The minimum atomic E-state index is 0.394. The lowest BCUT2D eigenvalue weighted by Crippen LogP contribution is -2.40. The van der Waals surface area contributed by atoms with Gasteiger partial charge in [-0.3, -0.25) is 4.99 Å². The van der Waals surface area contributed by atoms with Crippen LogP contribution in [0.4, 0.5) is 0 Å². The van der Waals surface area contributed by atoms with Crippen LogP contribution in [0.5, 0.6) is 0 Å². The second-order valence-electron chi connectivity index (χ2n) is 7.79. The fourth-order valence-electron chi connectivity index (χ4n) is 3.36. The number of nitrogens with one attached hydrogen (secondary N) is 2. The van der Waals surface area contributed by atoms with E-state index in [9.17, 15) is 0 Å². The molecule has 0 aromatic rings. The highest BCUT2D eigenvalue weighted by atomic mass is 16.5. The molecule has 0 unspecified atom stereocenters. The molecule has 0 radical (unpaired) electrons. The predicted molar refractivity (Wildman–Crippen MR) is 108 cm³/mol. The Morgan fingerprint density at radius 3 is 2.40 bits per heavy atom. The molecule has 1 rings (SSSR count). The van der Waals surface area contributed by atoms with Crippen molar-refractivity contribution in [2.24, 2.45) is 10.4 Å². The van der Waals surface area contributed by atoms with E-state index in [2.05, 4.69) is 36.6 Å². The Morgan fingerprint density at radius 1 is 1.08 bits per heavy atom. The molecule has 1 aliphatic rings. The van der Waals surface area contributed by atoms with Crippen molar-refractivity contribution >= 4 is 5.96 Å². The van der Waals surface area contributed by atoms with E-state index in [1.54, 1.807) is 7.11 Å². The largest absolute Gasteiger partial charge is 0.385 e. The molecule has 148 valence electrons. The summed E-state index contributed by atoms with van der Waals surface area (Å²) >= 11 is 0. The number of rotatable bonds is 14. The van der Waals surface area contributed by atoms with Crippen molar-refractivity contribution in [1.29, 1.82) is 0 Å². The molecule has 1 fully saturated rings. The van der Waals surface area contributed by atoms with Crippen molar-refractivity contribution in [3.05, 3.63) is 0 Å². The molecule has 25 heavy (non-hydrogen) atoms. The summed E-state index contributed by atoms with van der Waals surface area (Å²) < 4.78 is 5.28. The molecule has 0 saturated heterocycles. The second-order valence-corrected chi connectivity index (χ2v) is 7.79. The summed E-state index contributed by atoms with van der Waals surface area (Å²) in [6.07, 6.45) is 11.6. The first kappa shape index (κ1) is 22.2. The van der Waals surface area contributed by atoms with Gasteiger partial charge in [0, 0.05) is 33.4 Å². The van der Waals surface area contributed by atoms with Gasteiger partial charge in [-0.2, -0.15) is 0 Å². The molecule has 0 heterocycles. The Morgan fingerprint density at radius 2 is 1.80 bits per heavy atom. The van der Waals surface area contributed by atoms with Gasteiger partial charge in [0.05, 0.1) is 0 Å². The number of ether oxygens (including phenoxy) is 1. The van der Waals surface area contributed by atoms with Crippen molar-refractivity contribution in [2.45, 2.75) is 64.7 Å². The van der Waals surface area contributed by atoms with Gasteiger partial charge in [0.2, 0.25) is 0 Å². The zero-order chi connectivity index (χ0) is 18.4. The molecule has 0 spiro atoms. The van der Waals surface area contributed by atoms with Crippen LogP contribution in [0, 0.1) is 5.41 Å². The van der Waals surface area contributed by atoms with E-state index < -0.39 is 0 Å². The third kappa shape index (κ3) is 10.0. The first-order chi connectivity index (χ1) is 12.1. The maximum absolute atomic E-state index is 5.28. The number of hydrogen-bond donors (Lipinski definition) is 2. The molecule has 0 amide bonds.